The fourth-order valence-electron chi connectivity index (χ4n) is 4.27. The van der Waals surface area contributed by atoms with Crippen molar-refractivity contribution in [2.45, 2.75) is 37.6 Å². The number of rotatable bonds is 3. The lowest BCUT2D eigenvalue weighted by Gasteiger charge is -2.34. The van der Waals surface area contributed by atoms with Crippen LogP contribution in [-0.4, -0.2) is 62.2 Å². The van der Waals surface area contributed by atoms with Gasteiger partial charge in [-0.15, -0.1) is 0 Å². The summed E-state index contributed by atoms with van der Waals surface area (Å²) in [5, 5.41) is 6.80. The monoisotopic (exact) mass is 384 g/mol. The number of hydrogen-bond acceptors (Lipinski definition) is 4. The second-order valence-corrected chi connectivity index (χ2v) is 7.35. The zero-order chi connectivity index (χ0) is 19.7. The molecule has 0 spiro atoms. The van der Waals surface area contributed by atoms with Gasteiger partial charge in [-0.3, -0.25) is 4.79 Å². The number of hydrogen-bond donors (Lipinski definition) is 2. The molecule has 2 saturated heterocycles. The highest BCUT2D eigenvalue weighted by atomic mass is 16.2. The second kappa shape index (κ2) is 7.49. The number of aromatic amines is 1. The van der Waals surface area contributed by atoms with Crippen LogP contribution in [0.3, 0.4) is 0 Å². The second-order valence-electron chi connectivity index (χ2n) is 7.35. The van der Waals surface area contributed by atoms with Crippen molar-refractivity contribution in [3.63, 3.8) is 0 Å². The van der Waals surface area contributed by atoms with E-state index in [0.717, 1.165) is 12.1 Å². The van der Waals surface area contributed by atoms with Gasteiger partial charge in [0.1, 0.15) is 11.9 Å². The lowest BCUT2D eigenvalue weighted by molar-refractivity contribution is -0.136. The third-order valence-electron chi connectivity index (χ3n) is 5.71. The fourth-order valence-corrected chi connectivity index (χ4v) is 4.27. The Kier molecular flexibility index (Phi) is 4.89. The average Bonchev–Trinajstić information content (AvgIpc) is 3.35. The van der Waals surface area contributed by atoms with Gasteiger partial charge in [0.25, 0.3) is 0 Å². The number of nitrogens with zero attached hydrogens (tertiary/aromatic N) is 4. The predicted octanol–water partition coefficient (Wildman–Crippen LogP) is 0.810. The lowest BCUT2D eigenvalue weighted by Crippen LogP contribution is -2.51. The molecule has 3 N–H and O–H groups in total. The molecule has 2 aliphatic heterocycles. The number of benzene rings is 1. The Balaban J connectivity index is 1.46. The van der Waals surface area contributed by atoms with E-state index in [1.165, 1.54) is 4.90 Å². The highest BCUT2D eigenvalue weighted by Crippen LogP contribution is 2.29. The summed E-state index contributed by atoms with van der Waals surface area (Å²) in [5.74, 6) is 0.749. The molecular weight excluding hydrogens is 360 g/mol. The number of carbonyl (C=O) groups excluding carboxylic acids is 2. The van der Waals surface area contributed by atoms with Crippen LogP contribution < -0.4 is 11.4 Å². The Bertz CT molecular complexity index is 913. The van der Waals surface area contributed by atoms with E-state index in [1.807, 2.05) is 30.3 Å². The summed E-state index contributed by atoms with van der Waals surface area (Å²) in [4.78, 5) is 39.9. The van der Waals surface area contributed by atoms with Gasteiger partial charge in [0, 0.05) is 25.6 Å². The minimum absolute atomic E-state index is 0.0303. The lowest BCUT2D eigenvalue weighted by atomic mass is 9.95. The van der Waals surface area contributed by atoms with Gasteiger partial charge in [-0.1, -0.05) is 18.2 Å². The molecule has 1 atom stereocenters. The van der Waals surface area contributed by atoms with Crippen LogP contribution in [0.25, 0.3) is 5.69 Å². The Hall–Kier alpha value is -3.10. The molecule has 3 heterocycles. The number of H-pyrrole nitrogens is 1. The smallest absolute Gasteiger partial charge is 0.347 e. The zero-order valence-electron chi connectivity index (χ0n) is 15.6. The van der Waals surface area contributed by atoms with Crippen molar-refractivity contribution in [2.75, 3.05) is 19.6 Å². The topological polar surface area (TPSA) is 117 Å². The Morgan fingerprint density at radius 1 is 1.07 bits per heavy atom. The molecule has 9 heteroatoms. The van der Waals surface area contributed by atoms with Crippen LogP contribution >= 0.6 is 0 Å². The first kappa shape index (κ1) is 18.3. The number of aromatic nitrogens is 3. The maximum atomic E-state index is 12.9. The number of carbonyl (C=O) groups is 2. The molecule has 0 radical (unpaired) electrons. The van der Waals surface area contributed by atoms with Crippen LogP contribution in [0.4, 0.5) is 4.79 Å². The maximum Gasteiger partial charge on any atom is 0.347 e. The summed E-state index contributed by atoms with van der Waals surface area (Å²) < 4.78 is 1.61. The molecule has 9 nitrogen and oxygen atoms in total. The molecule has 4 rings (SSSR count). The molecule has 2 aliphatic rings. The van der Waals surface area contributed by atoms with Gasteiger partial charge in [-0.25, -0.2) is 19.3 Å². The number of nitrogens with two attached hydrogens (primary N) is 1. The molecule has 0 aliphatic carbocycles. The van der Waals surface area contributed by atoms with E-state index in [2.05, 4.69) is 10.2 Å². The summed E-state index contributed by atoms with van der Waals surface area (Å²) in [7, 11) is 0. The zero-order valence-corrected chi connectivity index (χ0v) is 15.6. The fraction of sp³-hybridized carbons (Fsp3) is 0.474. The van der Waals surface area contributed by atoms with E-state index in [-0.39, 0.29) is 17.5 Å². The molecule has 2 aromatic rings. The number of primary amides is 1. The Morgan fingerprint density at radius 2 is 1.79 bits per heavy atom. The molecule has 2 fully saturated rings. The molecule has 0 saturated carbocycles. The first-order valence-electron chi connectivity index (χ1n) is 9.64. The van der Waals surface area contributed by atoms with Crippen LogP contribution in [0, 0.1) is 0 Å². The van der Waals surface area contributed by atoms with Crippen molar-refractivity contribution in [3.05, 3.63) is 46.6 Å². The van der Waals surface area contributed by atoms with Gasteiger partial charge in [-0.2, -0.15) is 5.10 Å². The summed E-state index contributed by atoms with van der Waals surface area (Å²) in [6.45, 7) is 1.68. The molecule has 0 bridgehead atoms. The number of piperidine rings is 1. The summed E-state index contributed by atoms with van der Waals surface area (Å²) in [6.07, 6.45) is 2.89. The first-order valence-corrected chi connectivity index (χ1v) is 9.64. The van der Waals surface area contributed by atoms with Crippen molar-refractivity contribution < 1.29 is 9.59 Å². The molecule has 28 heavy (non-hydrogen) atoms. The molecular formula is C19H24N6O3. The van der Waals surface area contributed by atoms with Gasteiger partial charge in [0.15, 0.2) is 0 Å². The number of nitrogens with one attached hydrogen (secondary N) is 1. The van der Waals surface area contributed by atoms with Crippen molar-refractivity contribution >= 4 is 11.9 Å². The third kappa shape index (κ3) is 3.28. The summed E-state index contributed by atoms with van der Waals surface area (Å²) in [6, 6.07) is 8.43. The highest BCUT2D eigenvalue weighted by Gasteiger charge is 2.37. The van der Waals surface area contributed by atoms with E-state index < -0.39 is 12.1 Å². The van der Waals surface area contributed by atoms with Gasteiger partial charge < -0.3 is 15.5 Å². The standard InChI is InChI=1S/C19H24N6O3/c20-18(27)24-10-4-7-15(24)17(26)23-11-8-13(9-12-23)16-21-22-19(28)25(16)14-5-2-1-3-6-14/h1-3,5-6,13,15H,4,7-12H2,(H2,20,27)(H,22,28). The average molecular weight is 384 g/mol. The van der Waals surface area contributed by atoms with Crippen LogP contribution in [-0.2, 0) is 4.79 Å². The summed E-state index contributed by atoms with van der Waals surface area (Å²) >= 11 is 0. The molecule has 1 aromatic heterocycles. The van der Waals surface area contributed by atoms with Crippen LogP contribution in [0.15, 0.2) is 35.1 Å². The van der Waals surface area contributed by atoms with Crippen molar-refractivity contribution in [3.8, 4) is 5.69 Å². The van der Waals surface area contributed by atoms with E-state index in [1.54, 1.807) is 9.47 Å². The third-order valence-corrected chi connectivity index (χ3v) is 5.71. The highest BCUT2D eigenvalue weighted by molar-refractivity contribution is 5.87. The van der Waals surface area contributed by atoms with Crippen molar-refractivity contribution in [2.24, 2.45) is 5.73 Å². The van der Waals surface area contributed by atoms with Crippen molar-refractivity contribution in [1.29, 1.82) is 0 Å². The molecule has 3 amide bonds. The minimum Gasteiger partial charge on any atom is -0.351 e. The van der Waals surface area contributed by atoms with E-state index in [9.17, 15) is 14.4 Å². The largest absolute Gasteiger partial charge is 0.351 e. The van der Waals surface area contributed by atoms with Crippen LogP contribution in [0.5, 0.6) is 0 Å². The van der Waals surface area contributed by atoms with Crippen LogP contribution in [0.2, 0.25) is 0 Å². The van der Waals surface area contributed by atoms with Gasteiger partial charge in [-0.05, 0) is 37.8 Å². The predicted molar refractivity (Wildman–Crippen MR) is 102 cm³/mol. The Labute approximate surface area is 162 Å². The molecule has 1 aromatic carbocycles. The molecule has 1 unspecified atom stereocenters. The quantitative estimate of drug-likeness (QED) is 0.814. The first-order chi connectivity index (χ1) is 13.6. The minimum atomic E-state index is -0.533. The number of para-hydroxylation sites is 1. The van der Waals surface area contributed by atoms with E-state index in [0.29, 0.717) is 44.7 Å². The van der Waals surface area contributed by atoms with E-state index in [4.69, 9.17) is 5.73 Å². The SMILES string of the molecule is NC(=O)N1CCCC1C(=O)N1CCC(c2n[nH]c(=O)n2-c2ccccc2)CC1. The normalized spacial score (nSPS) is 20.5. The van der Waals surface area contributed by atoms with Crippen molar-refractivity contribution in [1.82, 2.24) is 24.6 Å². The van der Waals surface area contributed by atoms with Gasteiger partial charge in [0.05, 0.1) is 5.69 Å². The van der Waals surface area contributed by atoms with Crippen LogP contribution in [0.1, 0.15) is 37.4 Å². The van der Waals surface area contributed by atoms with Gasteiger partial charge >= 0.3 is 11.7 Å². The number of likely N-dealkylation sites (tertiary alicyclic amines) is 2. The Morgan fingerprint density at radius 3 is 2.46 bits per heavy atom. The maximum absolute atomic E-state index is 12.9. The van der Waals surface area contributed by atoms with Gasteiger partial charge in [0.2, 0.25) is 5.91 Å². The molecule has 148 valence electrons. The number of urea groups is 1. The number of amides is 3. The van der Waals surface area contributed by atoms with E-state index >= 15 is 0 Å². The summed E-state index contributed by atoms with van der Waals surface area (Å²) in [5.41, 5.74) is 5.91.